The molecule has 2 nitrogen and oxygen atoms in total. The van der Waals surface area contributed by atoms with Gasteiger partial charge in [0, 0.05) is 5.75 Å². The number of carbonyl (C=O) groups excluding carboxylic acids is 1. The summed E-state index contributed by atoms with van der Waals surface area (Å²) < 4.78 is 4.79. The van der Waals surface area contributed by atoms with Crippen LogP contribution in [0.3, 0.4) is 0 Å². The highest BCUT2D eigenvalue weighted by atomic mass is 32.2. The average molecular weight is 306 g/mol. The van der Waals surface area contributed by atoms with Crippen molar-refractivity contribution in [3.63, 3.8) is 0 Å². The van der Waals surface area contributed by atoms with Crippen LogP contribution >= 0.6 is 11.8 Å². The van der Waals surface area contributed by atoms with Gasteiger partial charge < -0.3 is 4.74 Å². The second-order valence-electron chi connectivity index (χ2n) is 7.19. The van der Waals surface area contributed by atoms with Gasteiger partial charge in [0.05, 0.1) is 13.5 Å². The molecule has 0 aliphatic heterocycles. The smallest absolute Gasteiger partial charge is 0.306 e. The second-order valence-corrected chi connectivity index (χ2v) is 8.18. The molecule has 0 heterocycles. The van der Waals surface area contributed by atoms with E-state index >= 15 is 0 Å². The summed E-state index contributed by atoms with van der Waals surface area (Å²) in [6.07, 6.45) is 2.91. The number of esters is 1. The highest BCUT2D eigenvalue weighted by molar-refractivity contribution is 7.98. The molecule has 0 amide bonds. The van der Waals surface area contributed by atoms with Gasteiger partial charge in [-0.2, -0.15) is 11.8 Å². The average Bonchev–Trinajstić information content (AvgIpc) is 3.18. The van der Waals surface area contributed by atoms with Crippen molar-refractivity contribution in [2.75, 3.05) is 12.9 Å². The number of thioether (sulfide) groups is 1. The fraction of sp³-hybridized carbons (Fsp3) is 0.611. The maximum atomic E-state index is 11.4. The Morgan fingerprint density at radius 2 is 1.86 bits per heavy atom. The van der Waals surface area contributed by atoms with E-state index in [1.54, 1.807) is 0 Å². The van der Waals surface area contributed by atoms with Gasteiger partial charge in [-0.15, -0.1) is 0 Å². The van der Waals surface area contributed by atoms with Gasteiger partial charge in [0.15, 0.2) is 0 Å². The van der Waals surface area contributed by atoms with Crippen LogP contribution in [0.25, 0.3) is 0 Å². The van der Waals surface area contributed by atoms with E-state index in [1.165, 1.54) is 18.2 Å². The largest absolute Gasteiger partial charge is 0.469 e. The first-order chi connectivity index (χ1) is 9.85. The van der Waals surface area contributed by atoms with Gasteiger partial charge in [0.2, 0.25) is 0 Å². The molecule has 116 valence electrons. The molecule has 1 aromatic rings. The molecule has 1 aliphatic rings. The molecular weight excluding hydrogens is 280 g/mol. The van der Waals surface area contributed by atoms with Gasteiger partial charge in [0.1, 0.15) is 0 Å². The maximum Gasteiger partial charge on any atom is 0.306 e. The number of hydrogen-bond donors (Lipinski definition) is 0. The third-order valence-electron chi connectivity index (χ3n) is 4.20. The fourth-order valence-corrected chi connectivity index (χ4v) is 3.77. The van der Waals surface area contributed by atoms with Crippen molar-refractivity contribution in [3.05, 3.63) is 35.4 Å². The van der Waals surface area contributed by atoms with Crippen molar-refractivity contribution in [1.29, 1.82) is 0 Å². The summed E-state index contributed by atoms with van der Waals surface area (Å²) in [7, 11) is 1.47. The lowest BCUT2D eigenvalue weighted by Crippen LogP contribution is -2.13. The second kappa shape index (κ2) is 6.43. The molecule has 0 spiro atoms. The summed E-state index contributed by atoms with van der Waals surface area (Å²) in [6, 6.07) is 8.93. The van der Waals surface area contributed by atoms with Crippen LogP contribution in [0.4, 0.5) is 0 Å². The monoisotopic (exact) mass is 306 g/mol. The summed E-state index contributed by atoms with van der Waals surface area (Å²) in [5.74, 6) is 2.01. The molecular formula is C18H26O2S. The van der Waals surface area contributed by atoms with Gasteiger partial charge in [-0.05, 0) is 40.6 Å². The Bertz CT molecular complexity index is 481. The minimum atomic E-state index is -0.0670. The maximum absolute atomic E-state index is 11.4. The zero-order chi connectivity index (χ0) is 15.5. The van der Waals surface area contributed by atoms with Crippen LogP contribution in [-0.2, 0) is 20.7 Å². The molecule has 1 fully saturated rings. The van der Waals surface area contributed by atoms with Crippen molar-refractivity contribution in [2.45, 2.75) is 51.2 Å². The summed E-state index contributed by atoms with van der Waals surface area (Å²) in [6.45, 7) is 6.71. The number of ether oxygens (including phenoxy) is 1. The Kier molecular flexibility index (Phi) is 5.03. The van der Waals surface area contributed by atoms with Gasteiger partial charge in [0.25, 0.3) is 0 Å². The van der Waals surface area contributed by atoms with Crippen molar-refractivity contribution >= 4 is 17.7 Å². The molecule has 0 N–H and O–H groups in total. The molecule has 21 heavy (non-hydrogen) atoms. The van der Waals surface area contributed by atoms with E-state index in [-0.39, 0.29) is 16.8 Å². The van der Waals surface area contributed by atoms with Gasteiger partial charge in [-0.25, -0.2) is 0 Å². The SMILES string of the molecule is COC(=O)CC1(CSCc2ccc(C(C)(C)C)cc2)CC1. The topological polar surface area (TPSA) is 26.3 Å². The van der Waals surface area contributed by atoms with Crippen LogP contribution in [0.15, 0.2) is 24.3 Å². The van der Waals surface area contributed by atoms with Crippen LogP contribution < -0.4 is 0 Å². The summed E-state index contributed by atoms with van der Waals surface area (Å²) in [4.78, 5) is 11.4. The molecule has 1 aliphatic carbocycles. The first-order valence-electron chi connectivity index (χ1n) is 7.59. The summed E-state index contributed by atoms with van der Waals surface area (Å²) in [5, 5.41) is 0. The van der Waals surface area contributed by atoms with Crippen molar-refractivity contribution in [3.8, 4) is 0 Å². The molecule has 2 rings (SSSR count). The Balaban J connectivity index is 1.80. The molecule has 1 aromatic carbocycles. The van der Waals surface area contributed by atoms with Crippen LogP contribution in [0.2, 0.25) is 0 Å². The first kappa shape index (κ1) is 16.4. The normalized spacial score (nSPS) is 16.6. The predicted octanol–water partition coefficient (Wildman–Crippen LogP) is 4.56. The lowest BCUT2D eigenvalue weighted by atomic mass is 9.87. The molecule has 0 radical (unpaired) electrons. The van der Waals surface area contributed by atoms with Crippen molar-refractivity contribution in [1.82, 2.24) is 0 Å². The lowest BCUT2D eigenvalue weighted by molar-refractivity contribution is -0.141. The van der Waals surface area contributed by atoms with Crippen molar-refractivity contribution in [2.24, 2.45) is 5.41 Å². The quantitative estimate of drug-likeness (QED) is 0.721. The number of carbonyl (C=O) groups is 1. The van der Waals surface area contributed by atoms with Crippen molar-refractivity contribution < 1.29 is 9.53 Å². The number of benzene rings is 1. The Morgan fingerprint density at radius 3 is 2.33 bits per heavy atom. The highest BCUT2D eigenvalue weighted by Gasteiger charge is 2.44. The van der Waals surface area contributed by atoms with E-state index in [0.717, 1.165) is 24.3 Å². The predicted molar refractivity (Wildman–Crippen MR) is 89.6 cm³/mol. The van der Waals surface area contributed by atoms with Crippen LogP contribution in [0.1, 0.15) is 51.2 Å². The fourth-order valence-electron chi connectivity index (χ4n) is 2.41. The van der Waals surface area contributed by atoms with Crippen LogP contribution in [0.5, 0.6) is 0 Å². The number of rotatable bonds is 6. The lowest BCUT2D eigenvalue weighted by Gasteiger charge is -2.19. The number of methoxy groups -OCH3 is 1. The molecule has 0 aromatic heterocycles. The standard InChI is InChI=1S/C18H26O2S/c1-17(2,3)15-7-5-14(6-8-15)12-21-13-18(9-10-18)11-16(19)20-4/h5-8H,9-13H2,1-4H3. The Morgan fingerprint density at radius 1 is 1.24 bits per heavy atom. The highest BCUT2D eigenvalue weighted by Crippen LogP contribution is 2.51. The Hall–Kier alpha value is -0.960. The zero-order valence-electron chi connectivity index (χ0n) is 13.6. The van der Waals surface area contributed by atoms with E-state index < -0.39 is 0 Å². The Labute approximate surface area is 132 Å². The first-order valence-corrected chi connectivity index (χ1v) is 8.74. The molecule has 0 saturated heterocycles. The molecule has 1 saturated carbocycles. The zero-order valence-corrected chi connectivity index (χ0v) is 14.4. The molecule has 3 heteroatoms. The van der Waals surface area contributed by atoms with Gasteiger partial charge in [-0.1, -0.05) is 45.0 Å². The van der Waals surface area contributed by atoms with E-state index in [1.807, 2.05) is 11.8 Å². The number of hydrogen-bond acceptors (Lipinski definition) is 3. The van der Waals surface area contributed by atoms with Crippen LogP contribution in [-0.4, -0.2) is 18.8 Å². The third kappa shape index (κ3) is 4.77. The minimum Gasteiger partial charge on any atom is -0.469 e. The third-order valence-corrected chi connectivity index (χ3v) is 5.56. The van der Waals surface area contributed by atoms with Crippen LogP contribution in [0, 0.1) is 5.41 Å². The molecule has 0 unspecified atom stereocenters. The van der Waals surface area contributed by atoms with E-state index in [4.69, 9.17) is 4.74 Å². The van der Waals surface area contributed by atoms with Gasteiger partial charge >= 0.3 is 5.97 Å². The molecule has 0 bridgehead atoms. The van der Waals surface area contributed by atoms with E-state index in [0.29, 0.717) is 6.42 Å². The summed E-state index contributed by atoms with van der Waals surface area (Å²) >= 11 is 1.93. The van der Waals surface area contributed by atoms with E-state index in [9.17, 15) is 4.79 Å². The molecule has 0 atom stereocenters. The minimum absolute atomic E-state index is 0.0670. The summed E-state index contributed by atoms with van der Waals surface area (Å²) in [5.41, 5.74) is 3.18. The van der Waals surface area contributed by atoms with E-state index in [2.05, 4.69) is 45.0 Å². The van der Waals surface area contributed by atoms with Gasteiger partial charge in [-0.3, -0.25) is 4.79 Å².